The molecule has 0 radical (unpaired) electrons. The predicted octanol–water partition coefficient (Wildman–Crippen LogP) is 11.8. The Kier molecular flexibility index (Phi) is 15.9. The van der Waals surface area contributed by atoms with E-state index in [2.05, 4.69) is 93.6 Å². The summed E-state index contributed by atoms with van der Waals surface area (Å²) < 4.78 is 5.39. The van der Waals surface area contributed by atoms with Crippen molar-refractivity contribution in [3.05, 3.63) is 111 Å². The molecule has 0 bridgehead atoms. The quantitative estimate of drug-likeness (QED) is 0.197. The fraction of sp³-hybridized carbons (Fsp3) is 0.333. The van der Waals surface area contributed by atoms with E-state index >= 15 is 0 Å². The van der Waals surface area contributed by atoms with Crippen molar-refractivity contribution in [1.29, 1.82) is 0 Å². The molecule has 0 N–H and O–H groups in total. The summed E-state index contributed by atoms with van der Waals surface area (Å²) in [5, 5.41) is 0.707. The Morgan fingerprint density at radius 2 is 1.55 bits per heavy atom. The van der Waals surface area contributed by atoms with Gasteiger partial charge in [0.2, 0.25) is 0 Å². The number of hydrogen-bond donors (Lipinski definition) is 0. The lowest BCUT2D eigenvalue weighted by atomic mass is 9.87. The zero-order valence-electron chi connectivity index (χ0n) is 25.0. The molecule has 0 spiro atoms. The predicted molar refractivity (Wildman–Crippen MR) is 173 cm³/mol. The van der Waals surface area contributed by atoms with Crippen molar-refractivity contribution in [1.82, 2.24) is 0 Å². The standard InChI is InChI=1S/C32H35ClO.2C2H6/c1-6-11-24-15-17-26(18-16-24)32(23(4)21-27-14-10-9-13-25(27)12-7-2)29(8-3)30-20-19-28(34-5)22-31(30)33;2*1-2/h6,9-11,13-22H,7-8,12H2,1-5H3;2*1-2H3/b11-6+,23-21+,32-29-;;. The van der Waals surface area contributed by atoms with Gasteiger partial charge in [-0.3, -0.25) is 0 Å². The number of allylic oxidation sites excluding steroid dienone is 4. The number of rotatable bonds is 9. The maximum absolute atomic E-state index is 6.77. The smallest absolute Gasteiger partial charge is 0.120 e. The SMILES string of the molecule is C/C=C/c1ccc(C(=C(/CC)c2ccc(OC)cc2Cl)/C(C)=C/c2ccccc2CCC)cc1.CC.CC. The molecule has 0 unspecified atom stereocenters. The molecule has 0 aromatic heterocycles. The average molecular weight is 531 g/mol. The molecule has 204 valence electrons. The highest BCUT2D eigenvalue weighted by Crippen LogP contribution is 2.39. The van der Waals surface area contributed by atoms with E-state index in [0.717, 1.165) is 30.6 Å². The summed E-state index contributed by atoms with van der Waals surface area (Å²) in [6.07, 6.45) is 9.57. The van der Waals surface area contributed by atoms with Crippen LogP contribution in [0.25, 0.3) is 23.3 Å². The van der Waals surface area contributed by atoms with Gasteiger partial charge in [0.15, 0.2) is 0 Å². The number of hydrogen-bond acceptors (Lipinski definition) is 1. The Hall–Kier alpha value is -3.03. The van der Waals surface area contributed by atoms with Crippen LogP contribution in [0.4, 0.5) is 0 Å². The molecule has 0 aliphatic carbocycles. The van der Waals surface area contributed by atoms with Gasteiger partial charge in [-0.05, 0) is 89.4 Å². The van der Waals surface area contributed by atoms with Crippen LogP contribution in [0.3, 0.4) is 0 Å². The second-order valence-electron chi connectivity index (χ2n) is 8.45. The lowest BCUT2D eigenvalue weighted by Gasteiger charge is -2.19. The number of halogens is 1. The maximum atomic E-state index is 6.77. The summed E-state index contributed by atoms with van der Waals surface area (Å²) in [5.74, 6) is 0.766. The fourth-order valence-corrected chi connectivity index (χ4v) is 4.72. The van der Waals surface area contributed by atoms with Crippen molar-refractivity contribution >= 4 is 34.9 Å². The van der Waals surface area contributed by atoms with Crippen LogP contribution in [0.2, 0.25) is 5.02 Å². The number of aryl methyl sites for hydroxylation is 1. The highest BCUT2D eigenvalue weighted by atomic mass is 35.5. The Balaban J connectivity index is 0.00000172. The van der Waals surface area contributed by atoms with E-state index in [1.165, 1.54) is 39.0 Å². The van der Waals surface area contributed by atoms with E-state index in [9.17, 15) is 0 Å². The van der Waals surface area contributed by atoms with Crippen LogP contribution < -0.4 is 4.74 Å². The molecule has 0 saturated carbocycles. The van der Waals surface area contributed by atoms with Crippen molar-refractivity contribution in [2.75, 3.05) is 7.11 Å². The maximum Gasteiger partial charge on any atom is 0.120 e. The number of methoxy groups -OCH3 is 1. The molecule has 0 aliphatic heterocycles. The van der Waals surface area contributed by atoms with Gasteiger partial charge in [-0.15, -0.1) is 0 Å². The Labute approximate surface area is 237 Å². The highest BCUT2D eigenvalue weighted by Gasteiger charge is 2.16. The third-order valence-electron chi connectivity index (χ3n) is 6.06. The molecule has 0 saturated heterocycles. The van der Waals surface area contributed by atoms with Crippen LogP contribution in [0.15, 0.2) is 78.4 Å². The van der Waals surface area contributed by atoms with Crippen LogP contribution in [0.1, 0.15) is 96.0 Å². The van der Waals surface area contributed by atoms with Crippen LogP contribution in [-0.2, 0) is 6.42 Å². The van der Waals surface area contributed by atoms with E-state index in [1.54, 1.807) is 7.11 Å². The van der Waals surface area contributed by atoms with Gasteiger partial charge >= 0.3 is 0 Å². The molecule has 2 heteroatoms. The second-order valence-corrected chi connectivity index (χ2v) is 8.86. The van der Waals surface area contributed by atoms with Crippen LogP contribution in [0.5, 0.6) is 5.75 Å². The molecular formula is C36H47ClO. The van der Waals surface area contributed by atoms with Crippen LogP contribution in [-0.4, -0.2) is 7.11 Å². The molecule has 1 nitrogen and oxygen atoms in total. The molecule has 0 fully saturated rings. The van der Waals surface area contributed by atoms with Gasteiger partial charge in [0.1, 0.15) is 5.75 Å². The summed E-state index contributed by atoms with van der Waals surface area (Å²) in [6, 6.07) is 23.4. The molecular weight excluding hydrogens is 484 g/mol. The summed E-state index contributed by atoms with van der Waals surface area (Å²) in [6.45, 7) is 16.7. The van der Waals surface area contributed by atoms with Gasteiger partial charge in [-0.25, -0.2) is 0 Å². The first-order valence-electron chi connectivity index (χ1n) is 14.1. The van der Waals surface area contributed by atoms with Crippen molar-refractivity contribution in [3.8, 4) is 5.75 Å². The van der Waals surface area contributed by atoms with E-state index in [-0.39, 0.29) is 0 Å². The van der Waals surface area contributed by atoms with Crippen LogP contribution in [0, 0.1) is 0 Å². The average Bonchev–Trinajstić information content (AvgIpc) is 2.96. The van der Waals surface area contributed by atoms with E-state index in [4.69, 9.17) is 16.3 Å². The lowest BCUT2D eigenvalue weighted by Crippen LogP contribution is -1.97. The second kappa shape index (κ2) is 18.3. The number of ether oxygens (including phenoxy) is 1. The van der Waals surface area contributed by atoms with Crippen molar-refractivity contribution < 1.29 is 4.74 Å². The Morgan fingerprint density at radius 1 is 0.895 bits per heavy atom. The van der Waals surface area contributed by atoms with Gasteiger partial charge in [0, 0.05) is 0 Å². The monoisotopic (exact) mass is 530 g/mol. The largest absolute Gasteiger partial charge is 0.497 e. The highest BCUT2D eigenvalue weighted by molar-refractivity contribution is 6.33. The minimum atomic E-state index is 0.707. The van der Waals surface area contributed by atoms with Crippen molar-refractivity contribution in [2.24, 2.45) is 0 Å². The topological polar surface area (TPSA) is 9.23 Å². The first-order valence-corrected chi connectivity index (χ1v) is 14.5. The molecule has 3 rings (SSSR count). The van der Waals surface area contributed by atoms with Gasteiger partial charge in [-0.1, -0.05) is 126 Å². The van der Waals surface area contributed by atoms with Crippen molar-refractivity contribution in [2.45, 2.75) is 74.7 Å². The van der Waals surface area contributed by atoms with Gasteiger partial charge in [0.05, 0.1) is 12.1 Å². The molecule has 3 aromatic rings. The first kappa shape index (κ1) is 33.0. The third kappa shape index (κ3) is 9.07. The van der Waals surface area contributed by atoms with Crippen molar-refractivity contribution in [3.63, 3.8) is 0 Å². The normalized spacial score (nSPS) is 11.7. The first-order chi connectivity index (χ1) is 18.5. The lowest BCUT2D eigenvalue weighted by molar-refractivity contribution is 0.415. The fourth-order valence-electron chi connectivity index (χ4n) is 4.44. The molecule has 3 aromatic carbocycles. The zero-order chi connectivity index (χ0) is 28.5. The van der Waals surface area contributed by atoms with Gasteiger partial charge in [0.25, 0.3) is 0 Å². The summed E-state index contributed by atoms with van der Waals surface area (Å²) in [4.78, 5) is 0. The Bertz CT molecular complexity index is 1200. The summed E-state index contributed by atoms with van der Waals surface area (Å²) in [5.41, 5.74) is 9.79. The van der Waals surface area contributed by atoms with Crippen LogP contribution >= 0.6 is 11.6 Å². The van der Waals surface area contributed by atoms with E-state index in [0.29, 0.717) is 5.02 Å². The Morgan fingerprint density at radius 3 is 2.11 bits per heavy atom. The molecule has 0 amide bonds. The number of benzene rings is 3. The third-order valence-corrected chi connectivity index (χ3v) is 6.37. The van der Waals surface area contributed by atoms with Gasteiger partial charge in [-0.2, -0.15) is 0 Å². The van der Waals surface area contributed by atoms with E-state index < -0.39 is 0 Å². The molecule has 0 heterocycles. The summed E-state index contributed by atoms with van der Waals surface area (Å²) >= 11 is 6.77. The van der Waals surface area contributed by atoms with Gasteiger partial charge < -0.3 is 4.74 Å². The van der Waals surface area contributed by atoms with E-state index in [1.807, 2.05) is 46.8 Å². The molecule has 0 aliphatic rings. The summed E-state index contributed by atoms with van der Waals surface area (Å²) in [7, 11) is 1.67. The zero-order valence-corrected chi connectivity index (χ0v) is 25.7. The minimum Gasteiger partial charge on any atom is -0.497 e. The molecule has 0 atom stereocenters. The molecule has 38 heavy (non-hydrogen) atoms. The minimum absolute atomic E-state index is 0.707.